The summed E-state index contributed by atoms with van der Waals surface area (Å²) in [4.78, 5) is 18.2. The first-order chi connectivity index (χ1) is 13.3. The summed E-state index contributed by atoms with van der Waals surface area (Å²) in [6.45, 7) is 5.77. The number of hydrogen-bond acceptors (Lipinski definition) is 8. The number of hydrogen-bond donors (Lipinski definition) is 1. The number of anilines is 4. The van der Waals surface area contributed by atoms with Crippen LogP contribution in [0, 0.1) is 12.3 Å². The Bertz CT molecular complexity index is 772. The molecule has 1 N–H and O–H groups in total. The number of nitrogens with zero attached hydrogens (tertiary/aromatic N) is 5. The zero-order chi connectivity index (χ0) is 18.5. The summed E-state index contributed by atoms with van der Waals surface area (Å²) in [6.07, 6.45) is 5.42. The minimum atomic E-state index is 0.515. The van der Waals surface area contributed by atoms with Crippen LogP contribution in [0.15, 0.2) is 24.3 Å². The Hall–Kier alpha value is -2.89. The van der Waals surface area contributed by atoms with Crippen LogP contribution in [0.2, 0.25) is 0 Å². The molecule has 2 aliphatic rings. The highest BCUT2D eigenvalue weighted by atomic mass is 16.5. The third-order valence-electron chi connectivity index (χ3n) is 4.51. The van der Waals surface area contributed by atoms with Crippen molar-refractivity contribution in [1.29, 1.82) is 0 Å². The number of rotatable bonds is 4. The van der Waals surface area contributed by atoms with Crippen molar-refractivity contribution in [2.45, 2.75) is 0 Å². The lowest BCUT2D eigenvalue weighted by Crippen LogP contribution is -2.40. The molecule has 140 valence electrons. The molecule has 0 spiro atoms. The minimum absolute atomic E-state index is 0.515. The van der Waals surface area contributed by atoms with Crippen molar-refractivity contribution in [2.24, 2.45) is 0 Å². The molecule has 0 bridgehead atoms. The van der Waals surface area contributed by atoms with Crippen LogP contribution in [0.25, 0.3) is 0 Å². The van der Waals surface area contributed by atoms with Crippen LogP contribution in [-0.2, 0) is 9.47 Å². The predicted octanol–water partition coefficient (Wildman–Crippen LogP) is 1.27. The van der Waals surface area contributed by atoms with E-state index in [2.05, 4.69) is 31.0 Å². The summed E-state index contributed by atoms with van der Waals surface area (Å²) in [5.74, 6) is 4.46. The molecule has 2 aromatic rings. The molecule has 0 radical (unpaired) electrons. The van der Waals surface area contributed by atoms with Crippen LogP contribution >= 0.6 is 0 Å². The largest absolute Gasteiger partial charge is 0.378 e. The number of aromatic nitrogens is 3. The van der Waals surface area contributed by atoms with Gasteiger partial charge in [0.05, 0.1) is 26.4 Å². The molecule has 2 saturated heterocycles. The van der Waals surface area contributed by atoms with E-state index in [0.29, 0.717) is 44.3 Å². The van der Waals surface area contributed by atoms with Gasteiger partial charge in [0, 0.05) is 37.4 Å². The Morgan fingerprint density at radius 3 is 1.81 bits per heavy atom. The standard InChI is InChI=1S/C19H22N6O2/c1-2-15-3-5-16(6-4-15)20-17-21-18(24-7-11-26-12-8-24)23-19(22-17)25-9-13-27-14-10-25/h1,3-6H,7-14H2,(H,20,21,22,23). The van der Waals surface area contributed by atoms with Crippen LogP contribution in [0.5, 0.6) is 0 Å². The Kier molecular flexibility index (Phi) is 5.32. The zero-order valence-electron chi connectivity index (χ0n) is 15.1. The second kappa shape index (κ2) is 8.20. The lowest BCUT2D eigenvalue weighted by molar-refractivity contribution is 0.121. The minimum Gasteiger partial charge on any atom is -0.378 e. The van der Waals surface area contributed by atoms with Gasteiger partial charge in [-0.3, -0.25) is 0 Å². The quantitative estimate of drug-likeness (QED) is 0.811. The van der Waals surface area contributed by atoms with Gasteiger partial charge in [0.15, 0.2) is 0 Å². The van der Waals surface area contributed by atoms with E-state index in [4.69, 9.17) is 20.9 Å². The molecule has 1 aromatic heterocycles. The number of ether oxygens (including phenoxy) is 2. The molecule has 0 aliphatic carbocycles. The van der Waals surface area contributed by atoms with Crippen LogP contribution < -0.4 is 15.1 Å². The second-order valence-electron chi connectivity index (χ2n) is 6.30. The fourth-order valence-electron chi connectivity index (χ4n) is 3.00. The molecular formula is C19H22N6O2. The second-order valence-corrected chi connectivity index (χ2v) is 6.30. The normalized spacial score (nSPS) is 17.4. The lowest BCUT2D eigenvalue weighted by atomic mass is 10.2. The SMILES string of the molecule is C#Cc1ccc(Nc2nc(N3CCOCC3)nc(N3CCOCC3)n2)cc1. The van der Waals surface area contributed by atoms with Crippen molar-refractivity contribution in [3.8, 4) is 12.3 Å². The molecule has 0 atom stereocenters. The van der Waals surface area contributed by atoms with Gasteiger partial charge in [-0.25, -0.2) is 0 Å². The van der Waals surface area contributed by atoms with Gasteiger partial charge in [-0.1, -0.05) is 5.92 Å². The molecule has 3 heterocycles. The average molecular weight is 366 g/mol. The molecule has 2 aliphatic heterocycles. The highest BCUT2D eigenvalue weighted by Crippen LogP contribution is 2.21. The fraction of sp³-hybridized carbons (Fsp3) is 0.421. The van der Waals surface area contributed by atoms with E-state index in [0.717, 1.165) is 37.4 Å². The van der Waals surface area contributed by atoms with Crippen molar-refractivity contribution in [3.63, 3.8) is 0 Å². The molecule has 8 heteroatoms. The zero-order valence-corrected chi connectivity index (χ0v) is 15.1. The third-order valence-corrected chi connectivity index (χ3v) is 4.51. The molecule has 2 fully saturated rings. The summed E-state index contributed by atoms with van der Waals surface area (Å²) >= 11 is 0. The van der Waals surface area contributed by atoms with E-state index in [1.165, 1.54) is 0 Å². The van der Waals surface area contributed by atoms with Gasteiger partial charge >= 0.3 is 0 Å². The first kappa shape index (κ1) is 17.5. The van der Waals surface area contributed by atoms with Gasteiger partial charge in [0.25, 0.3) is 0 Å². The number of benzene rings is 1. The van der Waals surface area contributed by atoms with Gasteiger partial charge in [0.2, 0.25) is 17.8 Å². The lowest BCUT2D eigenvalue weighted by Gasteiger charge is -2.30. The predicted molar refractivity (Wildman–Crippen MR) is 104 cm³/mol. The maximum Gasteiger partial charge on any atom is 0.233 e. The molecule has 27 heavy (non-hydrogen) atoms. The average Bonchev–Trinajstić information content (AvgIpc) is 2.75. The number of terminal acetylenes is 1. The smallest absolute Gasteiger partial charge is 0.233 e. The molecule has 0 saturated carbocycles. The van der Waals surface area contributed by atoms with Crippen LogP contribution in [0.3, 0.4) is 0 Å². The number of nitrogens with one attached hydrogen (secondary N) is 1. The van der Waals surface area contributed by atoms with E-state index < -0.39 is 0 Å². The summed E-state index contributed by atoms with van der Waals surface area (Å²) in [5, 5.41) is 3.27. The van der Waals surface area contributed by atoms with Crippen molar-refractivity contribution in [1.82, 2.24) is 15.0 Å². The van der Waals surface area contributed by atoms with Crippen molar-refractivity contribution >= 4 is 23.5 Å². The summed E-state index contributed by atoms with van der Waals surface area (Å²) in [6, 6.07) is 7.61. The summed E-state index contributed by atoms with van der Waals surface area (Å²) in [7, 11) is 0. The Labute approximate surface area is 158 Å². The van der Waals surface area contributed by atoms with E-state index in [-0.39, 0.29) is 0 Å². The van der Waals surface area contributed by atoms with Gasteiger partial charge in [-0.05, 0) is 24.3 Å². The highest BCUT2D eigenvalue weighted by Gasteiger charge is 2.20. The molecular weight excluding hydrogens is 344 g/mol. The van der Waals surface area contributed by atoms with Crippen molar-refractivity contribution < 1.29 is 9.47 Å². The third kappa shape index (κ3) is 4.27. The van der Waals surface area contributed by atoms with E-state index in [1.807, 2.05) is 24.3 Å². The van der Waals surface area contributed by atoms with Gasteiger partial charge in [-0.15, -0.1) is 6.42 Å². The summed E-state index contributed by atoms with van der Waals surface area (Å²) in [5.41, 5.74) is 1.71. The van der Waals surface area contributed by atoms with Gasteiger partial charge in [0.1, 0.15) is 0 Å². The van der Waals surface area contributed by atoms with Gasteiger partial charge < -0.3 is 24.6 Å². The maximum atomic E-state index is 5.44. The maximum absolute atomic E-state index is 5.44. The van der Waals surface area contributed by atoms with Crippen molar-refractivity contribution in [3.05, 3.63) is 29.8 Å². The monoisotopic (exact) mass is 366 g/mol. The summed E-state index contributed by atoms with van der Waals surface area (Å²) < 4.78 is 10.9. The Morgan fingerprint density at radius 1 is 0.815 bits per heavy atom. The molecule has 1 aromatic carbocycles. The topological polar surface area (TPSA) is 75.6 Å². The molecule has 0 amide bonds. The van der Waals surface area contributed by atoms with E-state index >= 15 is 0 Å². The van der Waals surface area contributed by atoms with Crippen molar-refractivity contribution in [2.75, 3.05) is 67.7 Å². The number of morpholine rings is 2. The van der Waals surface area contributed by atoms with Gasteiger partial charge in [-0.2, -0.15) is 15.0 Å². The molecule has 4 rings (SSSR count). The highest BCUT2D eigenvalue weighted by molar-refractivity contribution is 5.57. The first-order valence-corrected chi connectivity index (χ1v) is 9.07. The molecule has 8 nitrogen and oxygen atoms in total. The van der Waals surface area contributed by atoms with E-state index in [9.17, 15) is 0 Å². The first-order valence-electron chi connectivity index (χ1n) is 9.07. The Balaban J connectivity index is 1.62. The Morgan fingerprint density at radius 2 is 1.33 bits per heavy atom. The van der Waals surface area contributed by atoms with Crippen LogP contribution in [0.1, 0.15) is 5.56 Å². The van der Waals surface area contributed by atoms with Crippen LogP contribution in [-0.4, -0.2) is 67.6 Å². The van der Waals surface area contributed by atoms with Crippen LogP contribution in [0.4, 0.5) is 23.5 Å². The van der Waals surface area contributed by atoms with E-state index in [1.54, 1.807) is 0 Å². The molecule has 0 unspecified atom stereocenters. The fourth-order valence-corrected chi connectivity index (χ4v) is 3.00.